The second-order valence-electron chi connectivity index (χ2n) is 2.93. The van der Waals surface area contributed by atoms with Crippen LogP contribution in [-0.2, 0) is 4.79 Å². The second kappa shape index (κ2) is 4.45. The molecular weight excluding hydrogens is 186 g/mol. The molecule has 0 aromatic heterocycles. The summed E-state index contributed by atoms with van der Waals surface area (Å²) in [5.74, 6) is -0.519. The third-order valence-corrected chi connectivity index (χ3v) is 1.79. The summed E-state index contributed by atoms with van der Waals surface area (Å²) in [4.78, 5) is 21.6. The van der Waals surface area contributed by atoms with Crippen LogP contribution in [-0.4, -0.2) is 30.5 Å². The Bertz CT molecular complexity index is 265. The lowest BCUT2D eigenvalue weighted by atomic mass is 10.1. The van der Waals surface area contributed by atoms with Crippen molar-refractivity contribution in [1.29, 1.82) is 5.41 Å². The van der Waals surface area contributed by atoms with E-state index in [4.69, 9.17) is 11.1 Å². The maximum atomic E-state index is 11.0. The molecule has 1 fully saturated rings. The highest BCUT2D eigenvalue weighted by atomic mass is 16.2. The number of guanidine groups is 1. The molecule has 7 heteroatoms. The zero-order valence-electron chi connectivity index (χ0n) is 7.54. The van der Waals surface area contributed by atoms with Crippen molar-refractivity contribution in [2.24, 2.45) is 5.73 Å². The summed E-state index contributed by atoms with van der Waals surface area (Å²) in [6, 6.07) is -1.07. The normalized spacial score (nSPS) is 20.1. The smallest absolute Gasteiger partial charge is 0.344 e. The van der Waals surface area contributed by atoms with E-state index in [0.29, 0.717) is 19.4 Å². The van der Waals surface area contributed by atoms with Crippen LogP contribution in [0.25, 0.3) is 0 Å². The van der Waals surface area contributed by atoms with Gasteiger partial charge in [0.2, 0.25) is 0 Å². The molecule has 0 aromatic carbocycles. The molecule has 0 saturated carbocycles. The van der Waals surface area contributed by atoms with Crippen molar-refractivity contribution in [3.05, 3.63) is 0 Å². The highest BCUT2D eigenvalue weighted by molar-refractivity contribution is 6.03. The van der Waals surface area contributed by atoms with Crippen LogP contribution in [0.5, 0.6) is 0 Å². The highest BCUT2D eigenvalue weighted by Crippen LogP contribution is 2.02. The lowest BCUT2D eigenvalue weighted by Crippen LogP contribution is -2.33. The molecule has 0 unspecified atom stereocenters. The number of urea groups is 1. The maximum absolute atomic E-state index is 11.0. The van der Waals surface area contributed by atoms with Crippen LogP contribution in [0, 0.1) is 5.41 Å². The quantitative estimate of drug-likeness (QED) is 0.189. The standard InChI is InChI=1S/C7H12N5O2/c8-6(9)10-3-1-2-4-5(13)12-7(14)11-4/h4H,1-3H2,(H,11,14)(H4,8,9,10)/t4-/m0/s1. The first kappa shape index (κ1) is 10.3. The van der Waals surface area contributed by atoms with Gasteiger partial charge in [0.1, 0.15) is 6.04 Å². The fraction of sp³-hybridized carbons (Fsp3) is 0.571. The Morgan fingerprint density at radius 3 is 2.86 bits per heavy atom. The average Bonchev–Trinajstić information content (AvgIpc) is 2.39. The molecule has 5 N–H and O–H groups in total. The summed E-state index contributed by atoms with van der Waals surface area (Å²) in [6.07, 6.45) is 1.15. The van der Waals surface area contributed by atoms with Crippen LogP contribution < -0.4 is 21.7 Å². The molecule has 0 aliphatic carbocycles. The number of nitrogens with zero attached hydrogens (tertiary/aromatic N) is 1. The predicted octanol–water partition coefficient (Wildman–Crippen LogP) is -1.53. The predicted molar refractivity (Wildman–Crippen MR) is 48.6 cm³/mol. The van der Waals surface area contributed by atoms with Gasteiger partial charge in [0.15, 0.2) is 5.96 Å². The molecule has 1 saturated heterocycles. The van der Waals surface area contributed by atoms with E-state index >= 15 is 0 Å². The largest absolute Gasteiger partial charge is 0.370 e. The molecule has 0 spiro atoms. The molecule has 77 valence electrons. The maximum Gasteiger partial charge on any atom is 0.344 e. The number of carbonyl (C=O) groups is 2. The van der Waals surface area contributed by atoms with Crippen molar-refractivity contribution in [2.45, 2.75) is 18.9 Å². The number of amides is 3. The third kappa shape index (κ3) is 2.92. The number of carbonyl (C=O) groups excluding carboxylic acids is 2. The van der Waals surface area contributed by atoms with Crippen molar-refractivity contribution in [2.75, 3.05) is 6.54 Å². The number of rotatable bonds is 4. The fourth-order valence-corrected chi connectivity index (χ4v) is 1.15. The summed E-state index contributed by atoms with van der Waals surface area (Å²) in [5, 5.41) is 15.1. The first-order chi connectivity index (χ1) is 6.59. The van der Waals surface area contributed by atoms with Gasteiger partial charge in [-0.15, -0.1) is 0 Å². The Morgan fingerprint density at radius 2 is 2.36 bits per heavy atom. The van der Waals surface area contributed by atoms with Gasteiger partial charge >= 0.3 is 6.03 Å². The number of imide groups is 1. The summed E-state index contributed by atoms with van der Waals surface area (Å²) in [5.41, 5.74) is 5.05. The SMILES string of the molecule is N=C(N)NCCC[C@@H]1NC(=O)[N]C1=O. The van der Waals surface area contributed by atoms with Crippen LogP contribution in [0.4, 0.5) is 4.79 Å². The van der Waals surface area contributed by atoms with Crippen LogP contribution in [0.1, 0.15) is 12.8 Å². The van der Waals surface area contributed by atoms with Crippen LogP contribution in [0.15, 0.2) is 0 Å². The van der Waals surface area contributed by atoms with E-state index < -0.39 is 18.0 Å². The lowest BCUT2D eigenvalue weighted by molar-refractivity contribution is -0.120. The van der Waals surface area contributed by atoms with E-state index in [1.165, 1.54) is 0 Å². The summed E-state index contributed by atoms with van der Waals surface area (Å²) in [6.45, 7) is 0.509. The lowest BCUT2D eigenvalue weighted by Gasteiger charge is -2.06. The van der Waals surface area contributed by atoms with E-state index in [2.05, 4.69) is 16.0 Å². The van der Waals surface area contributed by atoms with Crippen molar-refractivity contribution < 1.29 is 9.59 Å². The Labute approximate surface area is 80.9 Å². The number of nitrogens with one attached hydrogen (secondary N) is 3. The molecule has 3 amide bonds. The van der Waals surface area contributed by atoms with Crippen molar-refractivity contribution >= 4 is 17.9 Å². The molecule has 7 nitrogen and oxygen atoms in total. The van der Waals surface area contributed by atoms with Crippen LogP contribution >= 0.6 is 0 Å². The van der Waals surface area contributed by atoms with Crippen molar-refractivity contribution in [1.82, 2.24) is 16.0 Å². The third-order valence-electron chi connectivity index (χ3n) is 1.79. The Hall–Kier alpha value is -1.79. The van der Waals surface area contributed by atoms with Gasteiger partial charge in [-0.1, -0.05) is 0 Å². The summed E-state index contributed by atoms with van der Waals surface area (Å²) >= 11 is 0. The van der Waals surface area contributed by atoms with Gasteiger partial charge in [-0.25, -0.2) is 4.79 Å². The van der Waals surface area contributed by atoms with Gasteiger partial charge in [0.25, 0.3) is 5.91 Å². The molecule has 14 heavy (non-hydrogen) atoms. The molecular formula is C7H12N5O2. The minimum atomic E-state index is -0.570. The van der Waals surface area contributed by atoms with E-state index in [-0.39, 0.29) is 5.96 Å². The molecule has 1 rings (SSSR count). The number of nitrogens with two attached hydrogens (primary N) is 1. The van der Waals surface area contributed by atoms with E-state index in [1.54, 1.807) is 0 Å². The second-order valence-corrected chi connectivity index (χ2v) is 2.93. The fourth-order valence-electron chi connectivity index (χ4n) is 1.15. The first-order valence-corrected chi connectivity index (χ1v) is 4.23. The van der Waals surface area contributed by atoms with E-state index in [0.717, 1.165) is 0 Å². The average molecular weight is 198 g/mol. The Balaban J connectivity index is 2.16. The van der Waals surface area contributed by atoms with Gasteiger partial charge < -0.3 is 16.4 Å². The Morgan fingerprint density at radius 1 is 1.64 bits per heavy atom. The van der Waals surface area contributed by atoms with Crippen LogP contribution in [0.2, 0.25) is 0 Å². The van der Waals surface area contributed by atoms with Crippen LogP contribution in [0.3, 0.4) is 0 Å². The van der Waals surface area contributed by atoms with E-state index in [1.807, 2.05) is 0 Å². The number of hydrogen-bond acceptors (Lipinski definition) is 3. The Kier molecular flexibility index (Phi) is 3.27. The molecule has 1 radical (unpaired) electrons. The zero-order valence-corrected chi connectivity index (χ0v) is 7.54. The zero-order chi connectivity index (χ0) is 10.6. The van der Waals surface area contributed by atoms with Crippen molar-refractivity contribution in [3.8, 4) is 0 Å². The summed E-state index contributed by atoms with van der Waals surface area (Å²) in [7, 11) is 0. The minimum absolute atomic E-state index is 0.100. The monoisotopic (exact) mass is 198 g/mol. The van der Waals surface area contributed by atoms with Gasteiger partial charge in [-0.2, -0.15) is 5.32 Å². The van der Waals surface area contributed by atoms with Gasteiger partial charge in [-0.05, 0) is 12.8 Å². The number of hydrogen-bond donors (Lipinski definition) is 4. The summed E-state index contributed by atoms with van der Waals surface area (Å²) < 4.78 is 0. The van der Waals surface area contributed by atoms with Gasteiger partial charge in [-0.3, -0.25) is 10.2 Å². The van der Waals surface area contributed by atoms with E-state index in [9.17, 15) is 9.59 Å². The highest BCUT2D eigenvalue weighted by Gasteiger charge is 2.30. The molecule has 1 aliphatic heterocycles. The minimum Gasteiger partial charge on any atom is -0.370 e. The molecule has 0 bridgehead atoms. The van der Waals surface area contributed by atoms with Crippen molar-refractivity contribution in [3.63, 3.8) is 0 Å². The first-order valence-electron chi connectivity index (χ1n) is 4.23. The molecule has 0 aromatic rings. The molecule has 1 atom stereocenters. The topological polar surface area (TPSA) is 122 Å². The molecule has 1 aliphatic rings. The van der Waals surface area contributed by atoms with Gasteiger partial charge in [0.05, 0.1) is 0 Å². The van der Waals surface area contributed by atoms with Gasteiger partial charge in [0, 0.05) is 6.54 Å². The molecule has 1 heterocycles.